The molecule has 0 amide bonds. The van der Waals surface area contributed by atoms with E-state index in [-0.39, 0.29) is 27.3 Å². The highest BCUT2D eigenvalue weighted by Crippen LogP contribution is 2.24. The van der Waals surface area contributed by atoms with Crippen LogP contribution in [0.3, 0.4) is 0 Å². The van der Waals surface area contributed by atoms with Gasteiger partial charge in [0.2, 0.25) is 10.0 Å². The Morgan fingerprint density at radius 1 is 1.26 bits per heavy atom. The highest BCUT2D eigenvalue weighted by molar-refractivity contribution is 7.89. The minimum atomic E-state index is -4.07. The van der Waals surface area contributed by atoms with E-state index in [1.54, 1.807) is 4.72 Å². The molecule has 3 N–H and O–H groups in total. The van der Waals surface area contributed by atoms with Gasteiger partial charge in [-0.1, -0.05) is 23.2 Å². The fraction of sp³-hybridized carbons (Fsp3) is 0.333. The van der Waals surface area contributed by atoms with Crippen molar-refractivity contribution >= 4 is 45.6 Å². The van der Waals surface area contributed by atoms with Gasteiger partial charge in [-0.05, 0) is 18.2 Å². The van der Waals surface area contributed by atoms with Crippen LogP contribution in [-0.2, 0) is 10.0 Å². The third-order valence-electron chi connectivity index (χ3n) is 2.02. The van der Waals surface area contributed by atoms with Crippen molar-refractivity contribution in [3.63, 3.8) is 0 Å². The maximum atomic E-state index is 12.8. The van der Waals surface area contributed by atoms with Gasteiger partial charge in [0.05, 0.1) is 28.0 Å². The summed E-state index contributed by atoms with van der Waals surface area (Å²) in [4.78, 5) is -0.246. The Morgan fingerprint density at radius 2 is 1.84 bits per heavy atom. The maximum Gasteiger partial charge on any atom is 0.273 e. The Morgan fingerprint density at radius 3 is 2.32 bits per heavy atom. The van der Waals surface area contributed by atoms with Gasteiger partial charge in [-0.25, -0.2) is 21.9 Å². The lowest BCUT2D eigenvalue weighted by atomic mass is 10.3. The van der Waals surface area contributed by atoms with Gasteiger partial charge in [-0.3, -0.25) is 0 Å². The van der Waals surface area contributed by atoms with Crippen molar-refractivity contribution in [2.24, 2.45) is 5.73 Å². The number of hydrogen-bond donors (Lipinski definition) is 2. The summed E-state index contributed by atoms with van der Waals surface area (Å²) in [6.07, 6.45) is 0. The van der Waals surface area contributed by atoms with Crippen molar-refractivity contribution in [1.29, 1.82) is 0 Å². The Balaban J connectivity index is 0.00000324. The molecule has 0 radical (unpaired) electrons. The van der Waals surface area contributed by atoms with Crippen LogP contribution in [0.25, 0.3) is 0 Å². The third kappa shape index (κ3) is 5.37. The van der Waals surface area contributed by atoms with Gasteiger partial charge >= 0.3 is 0 Å². The van der Waals surface area contributed by atoms with E-state index in [9.17, 15) is 17.2 Å². The van der Waals surface area contributed by atoms with Crippen LogP contribution < -0.4 is 10.5 Å². The Labute approximate surface area is 125 Å². The number of rotatable bonds is 5. The molecule has 0 atom stereocenters. The van der Waals surface area contributed by atoms with E-state index in [1.165, 1.54) is 6.07 Å². The van der Waals surface area contributed by atoms with Gasteiger partial charge in [0.1, 0.15) is 0 Å². The summed E-state index contributed by atoms with van der Waals surface area (Å²) in [5.41, 5.74) is 4.79. The smallest absolute Gasteiger partial charge is 0.273 e. The van der Waals surface area contributed by atoms with E-state index in [4.69, 9.17) is 28.9 Å². The van der Waals surface area contributed by atoms with Crippen LogP contribution in [0, 0.1) is 0 Å². The molecule has 19 heavy (non-hydrogen) atoms. The second kappa shape index (κ2) is 7.01. The van der Waals surface area contributed by atoms with Crippen molar-refractivity contribution in [3.8, 4) is 0 Å². The number of halogens is 5. The normalized spacial score (nSPS) is 12.1. The molecule has 0 aliphatic rings. The van der Waals surface area contributed by atoms with E-state index < -0.39 is 29.0 Å². The largest absolute Gasteiger partial charge is 0.325 e. The standard InChI is InChI=1S/C9H10Cl2F2N2O2S.ClH/c10-7-2-1-6(3-8(7)11)18(16,17)15-5-9(12,13)4-14;/h1-3,15H,4-5,14H2;1H. The number of hydrogen-bond acceptors (Lipinski definition) is 3. The van der Waals surface area contributed by atoms with Gasteiger partial charge in [-0.15, -0.1) is 12.4 Å². The van der Waals surface area contributed by atoms with Crippen LogP contribution in [0.15, 0.2) is 23.1 Å². The summed E-state index contributed by atoms with van der Waals surface area (Å²) in [5.74, 6) is -3.30. The minimum Gasteiger partial charge on any atom is -0.325 e. The first-order valence-electron chi connectivity index (χ1n) is 4.70. The van der Waals surface area contributed by atoms with Crippen molar-refractivity contribution in [1.82, 2.24) is 4.72 Å². The second-order valence-electron chi connectivity index (χ2n) is 3.46. The molecule has 10 heteroatoms. The van der Waals surface area contributed by atoms with Crippen molar-refractivity contribution < 1.29 is 17.2 Å². The second-order valence-corrected chi connectivity index (χ2v) is 6.04. The number of nitrogens with one attached hydrogen (secondary N) is 1. The zero-order valence-corrected chi connectivity index (χ0v) is 12.5. The van der Waals surface area contributed by atoms with Crippen molar-refractivity contribution in [2.45, 2.75) is 10.8 Å². The summed E-state index contributed by atoms with van der Waals surface area (Å²) < 4.78 is 50.8. The average Bonchev–Trinajstić information content (AvgIpc) is 2.30. The topological polar surface area (TPSA) is 72.2 Å². The fourth-order valence-corrected chi connectivity index (χ4v) is 2.45. The van der Waals surface area contributed by atoms with Gasteiger partial charge in [0, 0.05) is 0 Å². The summed E-state index contributed by atoms with van der Waals surface area (Å²) in [6.45, 7) is -2.02. The van der Waals surface area contributed by atoms with Crippen molar-refractivity contribution in [3.05, 3.63) is 28.2 Å². The zero-order valence-electron chi connectivity index (χ0n) is 9.37. The molecular weight excluding hydrogens is 345 g/mol. The monoisotopic (exact) mass is 354 g/mol. The molecule has 0 heterocycles. The number of benzene rings is 1. The van der Waals surface area contributed by atoms with E-state index >= 15 is 0 Å². The van der Waals surface area contributed by atoms with Crippen molar-refractivity contribution in [2.75, 3.05) is 13.1 Å². The van der Waals surface area contributed by atoms with Gasteiger partial charge in [0.25, 0.3) is 5.92 Å². The molecular formula is C9H11Cl3F2N2O2S. The Kier molecular flexibility index (Phi) is 6.94. The lowest BCUT2D eigenvalue weighted by molar-refractivity contribution is 0.0170. The number of sulfonamides is 1. The number of alkyl halides is 2. The van der Waals surface area contributed by atoms with Crippen LogP contribution in [0.5, 0.6) is 0 Å². The first-order chi connectivity index (χ1) is 8.18. The predicted molar refractivity (Wildman–Crippen MR) is 72.9 cm³/mol. The minimum absolute atomic E-state index is 0. The molecule has 0 spiro atoms. The van der Waals surface area contributed by atoms with E-state index in [0.29, 0.717) is 0 Å². The lowest BCUT2D eigenvalue weighted by Gasteiger charge is -2.14. The van der Waals surface area contributed by atoms with Gasteiger partial charge in [-0.2, -0.15) is 0 Å². The third-order valence-corrected chi connectivity index (χ3v) is 4.16. The lowest BCUT2D eigenvalue weighted by Crippen LogP contribution is -2.41. The van der Waals surface area contributed by atoms with Crippen LogP contribution in [0.1, 0.15) is 0 Å². The Hall–Kier alpha value is -0.180. The zero-order chi connectivity index (χ0) is 14.0. The molecule has 0 saturated carbocycles. The summed E-state index contributed by atoms with van der Waals surface area (Å²) >= 11 is 11.3. The highest BCUT2D eigenvalue weighted by atomic mass is 35.5. The SMILES string of the molecule is Cl.NCC(F)(F)CNS(=O)(=O)c1ccc(Cl)c(Cl)c1. The molecule has 0 aliphatic heterocycles. The number of nitrogens with two attached hydrogens (primary N) is 1. The quantitative estimate of drug-likeness (QED) is 0.851. The van der Waals surface area contributed by atoms with E-state index in [0.717, 1.165) is 12.1 Å². The first kappa shape index (κ1) is 18.8. The molecule has 0 fully saturated rings. The molecule has 0 aliphatic carbocycles. The average molecular weight is 356 g/mol. The van der Waals surface area contributed by atoms with Gasteiger partial charge < -0.3 is 5.73 Å². The van der Waals surface area contributed by atoms with Crippen LogP contribution in [0.4, 0.5) is 8.78 Å². The maximum absolute atomic E-state index is 12.8. The molecule has 1 aromatic carbocycles. The predicted octanol–water partition coefficient (Wildman–Crippen LogP) is 2.29. The molecule has 0 unspecified atom stereocenters. The van der Waals surface area contributed by atoms with E-state index in [2.05, 4.69) is 0 Å². The van der Waals surface area contributed by atoms with Crippen LogP contribution in [-0.4, -0.2) is 27.4 Å². The molecule has 1 aromatic rings. The molecule has 0 bridgehead atoms. The molecule has 0 saturated heterocycles. The molecule has 4 nitrogen and oxygen atoms in total. The van der Waals surface area contributed by atoms with Crippen LogP contribution in [0.2, 0.25) is 10.0 Å². The first-order valence-corrected chi connectivity index (χ1v) is 6.94. The van der Waals surface area contributed by atoms with Crippen LogP contribution >= 0.6 is 35.6 Å². The molecule has 0 aromatic heterocycles. The Bertz CT molecular complexity index is 540. The molecule has 1 rings (SSSR count). The fourth-order valence-electron chi connectivity index (χ4n) is 1.00. The summed E-state index contributed by atoms with van der Waals surface area (Å²) in [5, 5.41) is 0.188. The van der Waals surface area contributed by atoms with E-state index in [1.807, 2.05) is 0 Å². The molecule has 110 valence electrons. The summed E-state index contributed by atoms with van der Waals surface area (Å²) in [7, 11) is -4.07. The summed E-state index contributed by atoms with van der Waals surface area (Å²) in [6, 6.07) is 3.50. The highest BCUT2D eigenvalue weighted by Gasteiger charge is 2.29. The van der Waals surface area contributed by atoms with Gasteiger partial charge in [0.15, 0.2) is 0 Å².